The highest BCUT2D eigenvalue weighted by Gasteiger charge is 2.39. The number of morpholine rings is 1. The standard InChI is InChI=1S/C21H37N5O3/c1-16(2)25-8-6-21(15-22,7-9-25)24-18(27)17(14-20(3,4)5)23-19(28)26-10-12-29-13-11-26/h16-17H,6-14H2,1-5H3,(H,23,28)(H,24,27). The van der Waals surface area contributed by atoms with E-state index in [-0.39, 0.29) is 17.4 Å². The molecule has 8 nitrogen and oxygen atoms in total. The maximum Gasteiger partial charge on any atom is 0.318 e. The molecule has 0 aromatic rings. The van der Waals surface area contributed by atoms with Crippen molar-refractivity contribution in [3.05, 3.63) is 0 Å². The first-order valence-electron chi connectivity index (χ1n) is 10.7. The van der Waals surface area contributed by atoms with Crippen LogP contribution in [0.3, 0.4) is 0 Å². The molecule has 0 aliphatic carbocycles. The lowest BCUT2D eigenvalue weighted by atomic mass is 9.85. The van der Waals surface area contributed by atoms with Crippen molar-refractivity contribution in [2.75, 3.05) is 39.4 Å². The highest BCUT2D eigenvalue weighted by molar-refractivity contribution is 5.88. The quantitative estimate of drug-likeness (QED) is 0.723. The number of amides is 3. The van der Waals surface area contributed by atoms with Gasteiger partial charge in [-0.05, 0) is 38.5 Å². The van der Waals surface area contributed by atoms with Gasteiger partial charge in [0.05, 0.1) is 19.3 Å². The Morgan fingerprint density at radius 1 is 1.14 bits per heavy atom. The molecule has 0 radical (unpaired) electrons. The summed E-state index contributed by atoms with van der Waals surface area (Å²) in [6, 6.07) is 1.83. The molecule has 2 aliphatic rings. The zero-order valence-electron chi connectivity index (χ0n) is 18.6. The van der Waals surface area contributed by atoms with Crippen molar-refractivity contribution in [2.45, 2.75) is 71.5 Å². The van der Waals surface area contributed by atoms with Gasteiger partial charge >= 0.3 is 6.03 Å². The summed E-state index contributed by atoms with van der Waals surface area (Å²) < 4.78 is 5.30. The Morgan fingerprint density at radius 2 is 1.72 bits per heavy atom. The van der Waals surface area contributed by atoms with Crippen molar-refractivity contribution in [3.63, 3.8) is 0 Å². The molecule has 2 heterocycles. The average Bonchev–Trinajstić information content (AvgIpc) is 2.67. The van der Waals surface area contributed by atoms with Crippen LogP contribution in [0.5, 0.6) is 0 Å². The molecule has 29 heavy (non-hydrogen) atoms. The molecule has 0 spiro atoms. The first-order valence-corrected chi connectivity index (χ1v) is 10.7. The van der Waals surface area contributed by atoms with Gasteiger partial charge in [0, 0.05) is 32.2 Å². The topological polar surface area (TPSA) is 97.7 Å². The van der Waals surface area contributed by atoms with Crippen molar-refractivity contribution in [2.24, 2.45) is 5.41 Å². The largest absolute Gasteiger partial charge is 0.378 e. The van der Waals surface area contributed by atoms with E-state index in [9.17, 15) is 14.9 Å². The number of likely N-dealkylation sites (tertiary alicyclic amines) is 1. The number of carbonyl (C=O) groups excluding carboxylic acids is 2. The van der Waals surface area contributed by atoms with Gasteiger partial charge in [0.15, 0.2) is 0 Å². The number of urea groups is 1. The lowest BCUT2D eigenvalue weighted by Crippen LogP contribution is -2.61. The van der Waals surface area contributed by atoms with Gasteiger partial charge in [-0.15, -0.1) is 0 Å². The number of carbonyl (C=O) groups is 2. The Balaban J connectivity index is 2.06. The summed E-state index contributed by atoms with van der Waals surface area (Å²) in [7, 11) is 0. The van der Waals surface area contributed by atoms with E-state index in [4.69, 9.17) is 4.74 Å². The molecule has 2 fully saturated rings. The van der Waals surface area contributed by atoms with Crippen molar-refractivity contribution in [1.82, 2.24) is 20.4 Å². The van der Waals surface area contributed by atoms with Gasteiger partial charge in [-0.1, -0.05) is 20.8 Å². The van der Waals surface area contributed by atoms with E-state index in [1.807, 2.05) is 20.8 Å². The molecular weight excluding hydrogens is 370 g/mol. The van der Waals surface area contributed by atoms with Crippen LogP contribution in [-0.4, -0.2) is 78.8 Å². The molecule has 2 saturated heterocycles. The van der Waals surface area contributed by atoms with Crippen LogP contribution in [0.4, 0.5) is 4.79 Å². The Bertz CT molecular complexity index is 609. The summed E-state index contributed by atoms with van der Waals surface area (Å²) in [5, 5.41) is 15.7. The first-order chi connectivity index (χ1) is 13.6. The SMILES string of the molecule is CC(C)N1CCC(C#N)(NC(=O)C(CC(C)(C)C)NC(=O)N2CCOCC2)CC1. The summed E-state index contributed by atoms with van der Waals surface area (Å²) in [6.07, 6.45) is 1.68. The predicted octanol–water partition coefficient (Wildman–Crippen LogP) is 1.72. The van der Waals surface area contributed by atoms with Crippen molar-refractivity contribution >= 4 is 11.9 Å². The maximum absolute atomic E-state index is 13.2. The molecule has 2 N–H and O–H groups in total. The second-order valence-electron chi connectivity index (χ2n) is 9.68. The fraction of sp³-hybridized carbons (Fsp3) is 0.857. The third kappa shape index (κ3) is 6.86. The van der Waals surface area contributed by atoms with Crippen LogP contribution in [0, 0.1) is 16.7 Å². The number of nitrogens with one attached hydrogen (secondary N) is 2. The molecule has 164 valence electrons. The van der Waals surface area contributed by atoms with Crippen LogP contribution in [0.15, 0.2) is 0 Å². The second kappa shape index (κ2) is 9.77. The number of ether oxygens (including phenoxy) is 1. The minimum Gasteiger partial charge on any atom is -0.378 e. The fourth-order valence-corrected chi connectivity index (χ4v) is 3.84. The third-order valence-corrected chi connectivity index (χ3v) is 5.69. The van der Waals surface area contributed by atoms with E-state index in [1.165, 1.54) is 0 Å². The Hall–Kier alpha value is -1.85. The maximum atomic E-state index is 13.2. The summed E-state index contributed by atoms with van der Waals surface area (Å²) in [6.45, 7) is 14.0. The first kappa shape index (κ1) is 23.4. The zero-order chi connectivity index (χ0) is 21.7. The molecule has 8 heteroatoms. The molecular formula is C21H37N5O3. The van der Waals surface area contributed by atoms with Crippen LogP contribution < -0.4 is 10.6 Å². The number of rotatable bonds is 5. The average molecular weight is 408 g/mol. The highest BCUT2D eigenvalue weighted by Crippen LogP contribution is 2.25. The smallest absolute Gasteiger partial charge is 0.318 e. The molecule has 0 aromatic carbocycles. The van der Waals surface area contributed by atoms with E-state index in [1.54, 1.807) is 4.90 Å². The van der Waals surface area contributed by atoms with E-state index in [0.717, 1.165) is 13.1 Å². The molecule has 1 unspecified atom stereocenters. The molecule has 3 amide bonds. The minimum atomic E-state index is -0.873. The van der Waals surface area contributed by atoms with Crippen molar-refractivity contribution in [3.8, 4) is 6.07 Å². The van der Waals surface area contributed by atoms with Crippen LogP contribution in [-0.2, 0) is 9.53 Å². The summed E-state index contributed by atoms with van der Waals surface area (Å²) in [4.78, 5) is 29.8. The Labute approximate surface area is 174 Å². The number of nitriles is 1. The lowest BCUT2D eigenvalue weighted by molar-refractivity contribution is -0.125. The van der Waals surface area contributed by atoms with Gasteiger partial charge < -0.3 is 25.2 Å². The number of nitrogens with zero attached hydrogens (tertiary/aromatic N) is 3. The molecule has 0 aromatic heterocycles. The third-order valence-electron chi connectivity index (χ3n) is 5.69. The highest BCUT2D eigenvalue weighted by atomic mass is 16.5. The Kier molecular flexibility index (Phi) is 7.89. The summed E-state index contributed by atoms with van der Waals surface area (Å²) >= 11 is 0. The van der Waals surface area contributed by atoms with E-state index >= 15 is 0 Å². The van der Waals surface area contributed by atoms with Gasteiger partial charge in [-0.25, -0.2) is 4.79 Å². The fourth-order valence-electron chi connectivity index (χ4n) is 3.84. The number of hydrogen-bond donors (Lipinski definition) is 2. The molecule has 2 rings (SSSR count). The minimum absolute atomic E-state index is 0.152. The molecule has 1 atom stereocenters. The van der Waals surface area contributed by atoms with Gasteiger partial charge in [0.1, 0.15) is 11.6 Å². The van der Waals surface area contributed by atoms with Gasteiger partial charge in [0.2, 0.25) is 5.91 Å². The van der Waals surface area contributed by atoms with E-state index in [2.05, 4.69) is 35.5 Å². The molecule has 0 bridgehead atoms. The van der Waals surface area contributed by atoms with Crippen LogP contribution in [0.25, 0.3) is 0 Å². The normalized spacial score (nSPS) is 21.3. The van der Waals surface area contributed by atoms with Gasteiger partial charge in [-0.3, -0.25) is 4.79 Å². The lowest BCUT2D eigenvalue weighted by Gasteiger charge is -2.40. The van der Waals surface area contributed by atoms with Crippen molar-refractivity contribution < 1.29 is 14.3 Å². The molecule has 0 saturated carbocycles. The van der Waals surface area contributed by atoms with Crippen molar-refractivity contribution in [1.29, 1.82) is 5.26 Å². The summed E-state index contributed by atoms with van der Waals surface area (Å²) in [5.74, 6) is -0.277. The van der Waals surface area contributed by atoms with Crippen LogP contribution in [0.1, 0.15) is 53.9 Å². The van der Waals surface area contributed by atoms with Gasteiger partial charge in [0.25, 0.3) is 0 Å². The van der Waals surface area contributed by atoms with Crippen LogP contribution in [0.2, 0.25) is 0 Å². The second-order valence-corrected chi connectivity index (χ2v) is 9.68. The Morgan fingerprint density at radius 3 is 2.21 bits per heavy atom. The monoisotopic (exact) mass is 407 g/mol. The van der Waals surface area contributed by atoms with E-state index in [0.29, 0.717) is 51.6 Å². The number of piperidine rings is 1. The number of hydrogen-bond acceptors (Lipinski definition) is 5. The van der Waals surface area contributed by atoms with Gasteiger partial charge in [-0.2, -0.15) is 5.26 Å². The predicted molar refractivity (Wildman–Crippen MR) is 111 cm³/mol. The zero-order valence-corrected chi connectivity index (χ0v) is 18.6. The van der Waals surface area contributed by atoms with Crippen LogP contribution >= 0.6 is 0 Å². The van der Waals surface area contributed by atoms with E-state index < -0.39 is 11.6 Å². The molecule has 2 aliphatic heterocycles. The summed E-state index contributed by atoms with van der Waals surface area (Å²) in [5.41, 5.74) is -1.02.